The normalized spacial score (nSPS) is 22.5. The lowest BCUT2D eigenvalue weighted by Crippen LogP contribution is -2.52. The Labute approximate surface area is 130 Å². The summed E-state index contributed by atoms with van der Waals surface area (Å²) in [6.45, 7) is 6.28. The van der Waals surface area contributed by atoms with Crippen molar-refractivity contribution in [3.63, 3.8) is 0 Å². The summed E-state index contributed by atoms with van der Waals surface area (Å²) in [6.07, 6.45) is 1.33. The van der Waals surface area contributed by atoms with Crippen LogP contribution < -0.4 is 0 Å². The fourth-order valence-electron chi connectivity index (χ4n) is 2.72. The van der Waals surface area contributed by atoms with Crippen molar-refractivity contribution in [3.05, 3.63) is 35.6 Å². The Morgan fingerprint density at radius 1 is 1.36 bits per heavy atom. The summed E-state index contributed by atoms with van der Waals surface area (Å²) in [5, 5.41) is 10.8. The van der Waals surface area contributed by atoms with Crippen molar-refractivity contribution in [2.24, 2.45) is 0 Å². The van der Waals surface area contributed by atoms with Gasteiger partial charge < -0.3 is 14.7 Å². The predicted octanol–water partition coefficient (Wildman–Crippen LogP) is 3.13. The summed E-state index contributed by atoms with van der Waals surface area (Å²) < 4.78 is 18.3. The average molecular weight is 309 g/mol. The average Bonchev–Trinajstić information content (AvgIpc) is 2.39. The van der Waals surface area contributed by atoms with Crippen molar-refractivity contribution in [3.8, 4) is 0 Å². The van der Waals surface area contributed by atoms with Gasteiger partial charge in [0.15, 0.2) is 0 Å². The first-order chi connectivity index (χ1) is 10.2. The van der Waals surface area contributed by atoms with Crippen LogP contribution in [0, 0.1) is 5.82 Å². The molecule has 0 saturated carbocycles. The van der Waals surface area contributed by atoms with Gasteiger partial charge in [0.2, 0.25) is 0 Å². The minimum atomic E-state index is -0.993. The number of rotatable bonds is 2. The Morgan fingerprint density at radius 2 is 2.00 bits per heavy atom. The lowest BCUT2D eigenvalue weighted by atomic mass is 9.87. The van der Waals surface area contributed by atoms with Gasteiger partial charge in [-0.3, -0.25) is 0 Å². The summed E-state index contributed by atoms with van der Waals surface area (Å²) in [4.78, 5) is 13.7. The number of amides is 1. The summed E-state index contributed by atoms with van der Waals surface area (Å²) >= 11 is 0. The van der Waals surface area contributed by atoms with Crippen molar-refractivity contribution < 1.29 is 19.0 Å². The molecule has 0 spiro atoms. The van der Waals surface area contributed by atoms with Gasteiger partial charge in [-0.25, -0.2) is 9.18 Å². The topological polar surface area (TPSA) is 49.8 Å². The van der Waals surface area contributed by atoms with Gasteiger partial charge >= 0.3 is 6.09 Å². The van der Waals surface area contributed by atoms with Crippen molar-refractivity contribution in [1.82, 2.24) is 4.90 Å². The maximum absolute atomic E-state index is 13.0. The minimum Gasteiger partial charge on any atom is -0.444 e. The maximum Gasteiger partial charge on any atom is 0.410 e. The van der Waals surface area contributed by atoms with Crippen LogP contribution >= 0.6 is 0 Å². The highest BCUT2D eigenvalue weighted by Gasteiger charge is 2.36. The van der Waals surface area contributed by atoms with E-state index in [0.717, 1.165) is 12.0 Å². The number of hydrogen-bond donors (Lipinski definition) is 1. The Morgan fingerprint density at radius 3 is 2.59 bits per heavy atom. The van der Waals surface area contributed by atoms with Crippen LogP contribution in [0.1, 0.15) is 39.2 Å². The third-order valence-electron chi connectivity index (χ3n) is 3.65. The number of halogens is 1. The van der Waals surface area contributed by atoms with Crippen LogP contribution in [0.25, 0.3) is 0 Å². The number of benzene rings is 1. The molecule has 4 nitrogen and oxygen atoms in total. The molecule has 1 fully saturated rings. The van der Waals surface area contributed by atoms with Crippen molar-refractivity contribution in [2.45, 2.75) is 51.2 Å². The molecule has 1 aromatic carbocycles. The second kappa shape index (κ2) is 6.24. The molecule has 1 aliphatic rings. The molecule has 0 aliphatic carbocycles. The molecule has 0 unspecified atom stereocenters. The van der Waals surface area contributed by atoms with Gasteiger partial charge in [-0.1, -0.05) is 12.1 Å². The predicted molar refractivity (Wildman–Crippen MR) is 82.1 cm³/mol. The molecule has 2 rings (SSSR count). The Bertz CT molecular complexity index is 524. The molecule has 1 saturated heterocycles. The lowest BCUT2D eigenvalue weighted by Gasteiger charge is -2.39. The third-order valence-corrected chi connectivity index (χ3v) is 3.65. The molecule has 0 aromatic heterocycles. The number of carbonyl (C=O) groups excluding carboxylic acids is 1. The quantitative estimate of drug-likeness (QED) is 0.913. The van der Waals surface area contributed by atoms with Gasteiger partial charge in [-0.2, -0.15) is 0 Å². The van der Waals surface area contributed by atoms with Crippen molar-refractivity contribution >= 4 is 6.09 Å². The fraction of sp³-hybridized carbons (Fsp3) is 0.588. The highest BCUT2D eigenvalue weighted by molar-refractivity contribution is 5.68. The van der Waals surface area contributed by atoms with Crippen LogP contribution in [0.4, 0.5) is 9.18 Å². The molecule has 1 aliphatic heterocycles. The molecular formula is C17H24FNO3. The molecule has 1 atom stereocenters. The van der Waals surface area contributed by atoms with Crippen LogP contribution in [0.5, 0.6) is 0 Å². The Hall–Kier alpha value is -1.62. The zero-order valence-electron chi connectivity index (χ0n) is 13.4. The van der Waals surface area contributed by atoms with E-state index in [1.807, 2.05) is 20.8 Å². The molecule has 5 heteroatoms. The van der Waals surface area contributed by atoms with Gasteiger partial charge in [0, 0.05) is 13.0 Å². The highest BCUT2D eigenvalue weighted by Crippen LogP contribution is 2.26. The third kappa shape index (κ3) is 4.70. The minimum absolute atomic E-state index is 0.235. The lowest BCUT2D eigenvalue weighted by molar-refractivity contribution is -0.0425. The molecule has 1 heterocycles. The second-order valence-corrected chi connectivity index (χ2v) is 7.03. The van der Waals surface area contributed by atoms with E-state index in [1.54, 1.807) is 17.0 Å². The zero-order chi connectivity index (χ0) is 16.4. The first kappa shape index (κ1) is 16.7. The molecule has 0 bridgehead atoms. The standard InChI is InChI=1S/C17H24FNO3/c1-16(2,3)22-15(20)19-10-4-9-17(21,12-19)11-13-5-7-14(18)8-6-13/h5-8,21H,4,9-12H2,1-3H3/t17-/m0/s1. The molecule has 0 radical (unpaired) electrons. The van der Waals surface area contributed by atoms with E-state index < -0.39 is 17.3 Å². The molecule has 1 N–H and O–H groups in total. The van der Waals surface area contributed by atoms with E-state index in [1.165, 1.54) is 12.1 Å². The maximum atomic E-state index is 13.0. The van der Waals surface area contributed by atoms with Gasteiger partial charge in [-0.15, -0.1) is 0 Å². The number of aliphatic hydroxyl groups is 1. The zero-order valence-corrected chi connectivity index (χ0v) is 13.4. The summed E-state index contributed by atoms with van der Waals surface area (Å²) in [6, 6.07) is 6.10. The van der Waals surface area contributed by atoms with E-state index in [4.69, 9.17) is 4.74 Å². The van der Waals surface area contributed by atoms with E-state index >= 15 is 0 Å². The number of ether oxygens (including phenoxy) is 1. The van der Waals surface area contributed by atoms with E-state index in [0.29, 0.717) is 19.4 Å². The second-order valence-electron chi connectivity index (χ2n) is 7.03. The first-order valence-corrected chi connectivity index (χ1v) is 7.62. The molecule has 1 amide bonds. The van der Waals surface area contributed by atoms with Crippen molar-refractivity contribution in [1.29, 1.82) is 0 Å². The molecule has 122 valence electrons. The van der Waals surface area contributed by atoms with Crippen LogP contribution in [0.2, 0.25) is 0 Å². The summed E-state index contributed by atoms with van der Waals surface area (Å²) in [5.74, 6) is -0.297. The number of piperidine rings is 1. The number of nitrogens with zero attached hydrogens (tertiary/aromatic N) is 1. The largest absolute Gasteiger partial charge is 0.444 e. The highest BCUT2D eigenvalue weighted by atomic mass is 19.1. The molecule has 22 heavy (non-hydrogen) atoms. The van der Waals surface area contributed by atoms with Crippen LogP contribution in [0.3, 0.4) is 0 Å². The van der Waals surface area contributed by atoms with E-state index in [9.17, 15) is 14.3 Å². The van der Waals surface area contributed by atoms with Crippen LogP contribution in [0.15, 0.2) is 24.3 Å². The Kier molecular flexibility index (Phi) is 4.75. The number of carbonyl (C=O) groups is 1. The molecular weight excluding hydrogens is 285 g/mol. The van der Waals surface area contributed by atoms with Crippen molar-refractivity contribution in [2.75, 3.05) is 13.1 Å². The number of hydrogen-bond acceptors (Lipinski definition) is 3. The Balaban J connectivity index is 2.02. The summed E-state index contributed by atoms with van der Waals surface area (Å²) in [7, 11) is 0. The van der Waals surface area contributed by atoms with Gasteiger partial charge in [0.25, 0.3) is 0 Å². The van der Waals surface area contributed by atoms with Gasteiger partial charge in [0.1, 0.15) is 11.4 Å². The fourth-order valence-corrected chi connectivity index (χ4v) is 2.72. The van der Waals surface area contributed by atoms with E-state index in [-0.39, 0.29) is 12.4 Å². The van der Waals surface area contributed by atoms with E-state index in [2.05, 4.69) is 0 Å². The molecule has 1 aromatic rings. The van der Waals surface area contributed by atoms with Gasteiger partial charge in [-0.05, 0) is 51.3 Å². The smallest absolute Gasteiger partial charge is 0.410 e. The SMILES string of the molecule is CC(C)(C)OC(=O)N1CCC[C@](O)(Cc2ccc(F)cc2)C1. The monoisotopic (exact) mass is 309 g/mol. The summed E-state index contributed by atoms with van der Waals surface area (Å²) in [5.41, 5.74) is -0.689. The van der Waals surface area contributed by atoms with Crippen LogP contribution in [-0.4, -0.2) is 40.4 Å². The first-order valence-electron chi connectivity index (χ1n) is 7.62. The number of β-amino-alcohol motifs (C(OH)–C–C–N with tert-alkyl or cyclic N) is 1. The van der Waals surface area contributed by atoms with Crippen LogP contribution in [-0.2, 0) is 11.2 Å². The number of likely N-dealkylation sites (tertiary alicyclic amines) is 1. The van der Waals surface area contributed by atoms with Gasteiger partial charge in [0.05, 0.1) is 12.1 Å².